The lowest BCUT2D eigenvalue weighted by Crippen LogP contribution is -2.48. The van der Waals surface area contributed by atoms with Crippen molar-refractivity contribution in [2.45, 2.75) is 0 Å². The third kappa shape index (κ3) is 3.86. The maximum atomic E-state index is 14.2. The lowest BCUT2D eigenvalue weighted by atomic mass is 10.1. The standard InChI is InChI=1S/C24H27FN6O/c1-28-10-12-31(13-11-28)24(32)22-18-6-2-3-7-19(18)23(27-26-22)30-16-14-29(15-17-30)21-9-5-4-8-20(21)25/h2-9H,10-17H2,1H3. The zero-order valence-electron chi connectivity index (χ0n) is 18.2. The summed E-state index contributed by atoms with van der Waals surface area (Å²) in [7, 11) is 2.07. The molecule has 3 heterocycles. The normalized spacial score (nSPS) is 17.8. The molecule has 5 rings (SSSR count). The Hall–Kier alpha value is -3.26. The average molecular weight is 435 g/mol. The van der Waals surface area contributed by atoms with Gasteiger partial charge in [0.2, 0.25) is 0 Å². The van der Waals surface area contributed by atoms with E-state index in [0.29, 0.717) is 50.6 Å². The molecular weight excluding hydrogens is 407 g/mol. The molecule has 0 spiro atoms. The van der Waals surface area contributed by atoms with Gasteiger partial charge in [0, 0.05) is 63.1 Å². The molecule has 2 aliphatic rings. The molecule has 166 valence electrons. The smallest absolute Gasteiger partial charge is 0.275 e. The summed E-state index contributed by atoms with van der Waals surface area (Å²) in [5.41, 5.74) is 1.05. The van der Waals surface area contributed by atoms with Gasteiger partial charge in [0.05, 0.1) is 5.69 Å². The van der Waals surface area contributed by atoms with Crippen molar-refractivity contribution in [1.29, 1.82) is 0 Å². The van der Waals surface area contributed by atoms with E-state index in [-0.39, 0.29) is 11.7 Å². The Balaban J connectivity index is 1.39. The predicted octanol–water partition coefficient (Wildman–Crippen LogP) is 2.48. The molecule has 7 nitrogen and oxygen atoms in total. The van der Waals surface area contributed by atoms with E-state index in [2.05, 4.69) is 31.9 Å². The fourth-order valence-corrected chi connectivity index (χ4v) is 4.51. The number of carbonyl (C=O) groups is 1. The van der Waals surface area contributed by atoms with Crippen molar-refractivity contribution in [3.8, 4) is 0 Å². The summed E-state index contributed by atoms with van der Waals surface area (Å²) < 4.78 is 14.2. The lowest BCUT2D eigenvalue weighted by molar-refractivity contribution is 0.0659. The third-order valence-electron chi connectivity index (χ3n) is 6.43. The van der Waals surface area contributed by atoms with Gasteiger partial charge in [0.25, 0.3) is 5.91 Å². The van der Waals surface area contributed by atoms with E-state index in [9.17, 15) is 9.18 Å². The van der Waals surface area contributed by atoms with Gasteiger partial charge in [0.1, 0.15) is 5.82 Å². The second kappa shape index (κ2) is 8.70. The fourth-order valence-electron chi connectivity index (χ4n) is 4.51. The number of piperazine rings is 2. The number of hydrogen-bond donors (Lipinski definition) is 0. The van der Waals surface area contributed by atoms with Crippen LogP contribution in [0.1, 0.15) is 10.5 Å². The van der Waals surface area contributed by atoms with Crippen molar-refractivity contribution in [2.75, 3.05) is 69.2 Å². The Morgan fingerprint density at radius 3 is 2.12 bits per heavy atom. The van der Waals surface area contributed by atoms with Gasteiger partial charge in [-0.05, 0) is 19.2 Å². The molecule has 0 atom stereocenters. The van der Waals surface area contributed by atoms with Crippen molar-refractivity contribution in [1.82, 2.24) is 20.0 Å². The molecule has 3 aromatic rings. The Morgan fingerprint density at radius 1 is 0.781 bits per heavy atom. The summed E-state index contributed by atoms with van der Waals surface area (Å²) in [6, 6.07) is 14.7. The molecule has 8 heteroatoms. The predicted molar refractivity (Wildman–Crippen MR) is 124 cm³/mol. The van der Waals surface area contributed by atoms with Crippen LogP contribution in [-0.2, 0) is 0 Å². The summed E-state index contributed by atoms with van der Waals surface area (Å²) >= 11 is 0. The highest BCUT2D eigenvalue weighted by molar-refractivity contribution is 6.07. The Morgan fingerprint density at radius 2 is 1.41 bits per heavy atom. The van der Waals surface area contributed by atoms with Crippen LogP contribution in [0.25, 0.3) is 10.8 Å². The minimum Gasteiger partial charge on any atom is -0.366 e. The average Bonchev–Trinajstić information content (AvgIpc) is 2.84. The Bertz CT molecular complexity index is 1120. The first kappa shape index (κ1) is 20.6. The van der Waals surface area contributed by atoms with E-state index < -0.39 is 0 Å². The summed E-state index contributed by atoms with van der Waals surface area (Å²) in [6.07, 6.45) is 0. The molecule has 0 N–H and O–H groups in total. The number of hydrogen-bond acceptors (Lipinski definition) is 6. The summed E-state index contributed by atoms with van der Waals surface area (Å²) in [4.78, 5) is 21.5. The second-order valence-electron chi connectivity index (χ2n) is 8.44. The highest BCUT2D eigenvalue weighted by Crippen LogP contribution is 2.28. The molecule has 2 saturated heterocycles. The molecule has 32 heavy (non-hydrogen) atoms. The minimum atomic E-state index is -0.196. The van der Waals surface area contributed by atoms with E-state index in [0.717, 1.165) is 29.7 Å². The van der Waals surface area contributed by atoms with Gasteiger partial charge in [-0.15, -0.1) is 10.2 Å². The number of amides is 1. The van der Waals surface area contributed by atoms with Crippen LogP contribution in [0.4, 0.5) is 15.9 Å². The topological polar surface area (TPSA) is 55.8 Å². The van der Waals surface area contributed by atoms with Crippen LogP contribution in [0.2, 0.25) is 0 Å². The lowest BCUT2D eigenvalue weighted by Gasteiger charge is -2.37. The van der Waals surface area contributed by atoms with Crippen molar-refractivity contribution in [2.24, 2.45) is 0 Å². The van der Waals surface area contributed by atoms with Crippen LogP contribution in [0.3, 0.4) is 0 Å². The van der Waals surface area contributed by atoms with Gasteiger partial charge in [-0.2, -0.15) is 0 Å². The molecule has 2 aromatic carbocycles. The fraction of sp³-hybridized carbons (Fsp3) is 0.375. The van der Waals surface area contributed by atoms with Gasteiger partial charge in [-0.25, -0.2) is 4.39 Å². The van der Waals surface area contributed by atoms with E-state index >= 15 is 0 Å². The zero-order valence-corrected chi connectivity index (χ0v) is 18.2. The number of nitrogens with zero attached hydrogens (tertiary/aromatic N) is 6. The van der Waals surface area contributed by atoms with Gasteiger partial charge >= 0.3 is 0 Å². The number of benzene rings is 2. The molecule has 1 aromatic heterocycles. The molecule has 0 saturated carbocycles. The Labute approximate surface area is 187 Å². The van der Waals surface area contributed by atoms with Gasteiger partial charge in [-0.1, -0.05) is 36.4 Å². The molecule has 2 aliphatic heterocycles. The number of halogens is 1. The van der Waals surface area contributed by atoms with Crippen molar-refractivity contribution in [3.05, 3.63) is 60.0 Å². The Kier molecular flexibility index (Phi) is 5.61. The molecule has 0 bridgehead atoms. The number of aromatic nitrogens is 2. The number of rotatable bonds is 3. The van der Waals surface area contributed by atoms with Crippen LogP contribution < -0.4 is 9.80 Å². The molecule has 2 fully saturated rings. The number of likely N-dealkylation sites (N-methyl/N-ethyl adjacent to an activating group) is 1. The summed E-state index contributed by atoms with van der Waals surface area (Å²) in [5.74, 6) is 0.527. The van der Waals surface area contributed by atoms with Crippen LogP contribution in [0.5, 0.6) is 0 Å². The van der Waals surface area contributed by atoms with Crippen LogP contribution >= 0.6 is 0 Å². The first-order valence-corrected chi connectivity index (χ1v) is 11.1. The number of anilines is 2. The third-order valence-corrected chi connectivity index (χ3v) is 6.43. The van der Waals surface area contributed by atoms with E-state index in [1.807, 2.05) is 41.3 Å². The van der Waals surface area contributed by atoms with Crippen LogP contribution in [-0.4, -0.2) is 85.3 Å². The highest BCUT2D eigenvalue weighted by atomic mass is 19.1. The molecule has 0 radical (unpaired) electrons. The minimum absolute atomic E-state index is 0.0577. The SMILES string of the molecule is CN1CCN(C(=O)c2nnc(N3CCN(c4ccccc4F)CC3)c3ccccc23)CC1. The number of fused-ring (bicyclic) bond motifs is 1. The summed E-state index contributed by atoms with van der Waals surface area (Å²) in [5, 5.41) is 10.7. The largest absolute Gasteiger partial charge is 0.366 e. The first-order chi connectivity index (χ1) is 15.6. The van der Waals surface area contributed by atoms with Crippen molar-refractivity contribution >= 4 is 28.2 Å². The quantitative estimate of drug-likeness (QED) is 0.631. The van der Waals surface area contributed by atoms with Gasteiger partial charge in [-0.3, -0.25) is 4.79 Å². The van der Waals surface area contributed by atoms with Crippen LogP contribution in [0.15, 0.2) is 48.5 Å². The van der Waals surface area contributed by atoms with E-state index in [4.69, 9.17) is 0 Å². The maximum Gasteiger partial charge on any atom is 0.275 e. The zero-order chi connectivity index (χ0) is 22.1. The van der Waals surface area contributed by atoms with Gasteiger partial charge in [0.15, 0.2) is 11.5 Å². The van der Waals surface area contributed by atoms with Crippen LogP contribution in [0, 0.1) is 5.82 Å². The van der Waals surface area contributed by atoms with E-state index in [1.165, 1.54) is 6.07 Å². The van der Waals surface area contributed by atoms with Crippen molar-refractivity contribution in [3.63, 3.8) is 0 Å². The maximum absolute atomic E-state index is 14.2. The first-order valence-electron chi connectivity index (χ1n) is 11.1. The second-order valence-corrected chi connectivity index (χ2v) is 8.44. The monoisotopic (exact) mass is 434 g/mol. The number of carbonyl (C=O) groups excluding carboxylic acids is 1. The molecule has 1 amide bonds. The van der Waals surface area contributed by atoms with E-state index in [1.54, 1.807) is 6.07 Å². The highest BCUT2D eigenvalue weighted by Gasteiger charge is 2.26. The molecular formula is C24H27FN6O. The summed E-state index contributed by atoms with van der Waals surface area (Å²) in [6.45, 7) is 5.93. The molecule has 0 unspecified atom stereocenters. The molecule has 0 aliphatic carbocycles. The number of para-hydroxylation sites is 1. The van der Waals surface area contributed by atoms with Gasteiger partial charge < -0.3 is 19.6 Å². The van der Waals surface area contributed by atoms with Crippen molar-refractivity contribution < 1.29 is 9.18 Å².